The van der Waals surface area contributed by atoms with Crippen molar-refractivity contribution < 1.29 is 0 Å². The summed E-state index contributed by atoms with van der Waals surface area (Å²) in [5, 5.41) is 4.08. The fraction of sp³-hybridized carbons (Fsp3) is 0.154. The Morgan fingerprint density at radius 1 is 1.29 bits per heavy atom. The van der Waals surface area contributed by atoms with Crippen LogP contribution in [0.2, 0.25) is 5.02 Å². The van der Waals surface area contributed by atoms with Crippen molar-refractivity contribution in [2.24, 2.45) is 0 Å². The second-order valence-corrected chi connectivity index (χ2v) is 5.05. The molecule has 0 saturated carbocycles. The van der Waals surface area contributed by atoms with Crippen LogP contribution >= 0.6 is 27.5 Å². The Morgan fingerprint density at radius 3 is 2.82 bits per heavy atom. The standard InChI is InChI=1S/C13H12BrClN2/c1-9(10-4-2-5-11(15)8-10)17-13-12(14)6-3-7-16-13/h2-9H,1H3,(H,16,17). The number of nitrogens with zero attached hydrogens (tertiary/aromatic N) is 1. The molecule has 1 N–H and O–H groups in total. The van der Waals surface area contributed by atoms with Crippen LogP contribution in [0.25, 0.3) is 0 Å². The molecule has 0 fully saturated rings. The number of halogens is 2. The first-order chi connectivity index (χ1) is 8.16. The number of anilines is 1. The van der Waals surface area contributed by atoms with E-state index in [-0.39, 0.29) is 6.04 Å². The number of rotatable bonds is 3. The van der Waals surface area contributed by atoms with E-state index in [9.17, 15) is 0 Å². The quantitative estimate of drug-likeness (QED) is 0.891. The lowest BCUT2D eigenvalue weighted by Gasteiger charge is -2.16. The maximum Gasteiger partial charge on any atom is 0.140 e. The minimum atomic E-state index is 0.153. The second-order valence-electron chi connectivity index (χ2n) is 3.75. The minimum absolute atomic E-state index is 0.153. The fourth-order valence-corrected chi connectivity index (χ4v) is 2.12. The molecule has 1 atom stereocenters. The summed E-state index contributed by atoms with van der Waals surface area (Å²) >= 11 is 9.43. The van der Waals surface area contributed by atoms with Crippen molar-refractivity contribution in [3.63, 3.8) is 0 Å². The van der Waals surface area contributed by atoms with Crippen LogP contribution in [-0.2, 0) is 0 Å². The van der Waals surface area contributed by atoms with E-state index >= 15 is 0 Å². The first-order valence-electron chi connectivity index (χ1n) is 5.29. The summed E-state index contributed by atoms with van der Waals surface area (Å²) in [5.41, 5.74) is 1.13. The van der Waals surface area contributed by atoms with Gasteiger partial charge in [-0.25, -0.2) is 4.98 Å². The van der Waals surface area contributed by atoms with E-state index < -0.39 is 0 Å². The Labute approximate surface area is 114 Å². The van der Waals surface area contributed by atoms with Crippen LogP contribution in [0, 0.1) is 0 Å². The molecule has 4 heteroatoms. The van der Waals surface area contributed by atoms with Gasteiger partial charge in [-0.1, -0.05) is 23.7 Å². The van der Waals surface area contributed by atoms with Gasteiger partial charge in [0.15, 0.2) is 0 Å². The summed E-state index contributed by atoms with van der Waals surface area (Å²) in [4.78, 5) is 4.28. The van der Waals surface area contributed by atoms with Gasteiger partial charge in [-0.05, 0) is 52.7 Å². The van der Waals surface area contributed by atoms with Gasteiger partial charge in [0.25, 0.3) is 0 Å². The lowest BCUT2D eigenvalue weighted by molar-refractivity contribution is 0.873. The first-order valence-corrected chi connectivity index (χ1v) is 6.46. The third kappa shape index (κ3) is 3.20. The SMILES string of the molecule is CC(Nc1ncccc1Br)c1cccc(Cl)c1. The third-order valence-electron chi connectivity index (χ3n) is 2.46. The van der Waals surface area contributed by atoms with Crippen LogP contribution in [0.5, 0.6) is 0 Å². The van der Waals surface area contributed by atoms with E-state index in [1.807, 2.05) is 36.4 Å². The first kappa shape index (κ1) is 12.4. The van der Waals surface area contributed by atoms with E-state index in [0.717, 1.165) is 20.9 Å². The van der Waals surface area contributed by atoms with Crippen LogP contribution in [-0.4, -0.2) is 4.98 Å². The van der Waals surface area contributed by atoms with Crippen molar-refractivity contribution in [2.75, 3.05) is 5.32 Å². The summed E-state index contributed by atoms with van der Waals surface area (Å²) in [6, 6.07) is 11.8. The maximum absolute atomic E-state index is 5.97. The monoisotopic (exact) mass is 310 g/mol. The summed E-state index contributed by atoms with van der Waals surface area (Å²) in [6.07, 6.45) is 1.76. The maximum atomic E-state index is 5.97. The molecule has 0 aliphatic rings. The van der Waals surface area contributed by atoms with Gasteiger partial charge >= 0.3 is 0 Å². The minimum Gasteiger partial charge on any atom is -0.363 e. The van der Waals surface area contributed by atoms with Crippen LogP contribution in [0.3, 0.4) is 0 Å². The molecule has 0 saturated heterocycles. The fourth-order valence-electron chi connectivity index (χ4n) is 1.56. The van der Waals surface area contributed by atoms with Gasteiger partial charge in [0.05, 0.1) is 10.5 Å². The number of hydrogen-bond donors (Lipinski definition) is 1. The van der Waals surface area contributed by atoms with Gasteiger partial charge in [0, 0.05) is 11.2 Å². The molecular formula is C13H12BrClN2. The topological polar surface area (TPSA) is 24.9 Å². The molecule has 2 rings (SSSR count). The number of hydrogen-bond acceptors (Lipinski definition) is 2. The third-order valence-corrected chi connectivity index (χ3v) is 3.34. The van der Waals surface area contributed by atoms with E-state index in [0.29, 0.717) is 0 Å². The Morgan fingerprint density at radius 2 is 2.12 bits per heavy atom. The van der Waals surface area contributed by atoms with Crippen LogP contribution in [0.1, 0.15) is 18.5 Å². The molecule has 0 radical (unpaired) electrons. The molecule has 1 aromatic heterocycles. The lowest BCUT2D eigenvalue weighted by atomic mass is 10.1. The Balaban J connectivity index is 2.17. The van der Waals surface area contributed by atoms with Gasteiger partial charge in [0.2, 0.25) is 0 Å². The van der Waals surface area contributed by atoms with E-state index in [2.05, 4.69) is 33.2 Å². The van der Waals surface area contributed by atoms with Gasteiger partial charge in [0.1, 0.15) is 5.82 Å². The molecule has 1 heterocycles. The molecule has 17 heavy (non-hydrogen) atoms. The molecule has 88 valence electrons. The number of benzene rings is 1. The highest BCUT2D eigenvalue weighted by Gasteiger charge is 2.08. The van der Waals surface area contributed by atoms with Gasteiger partial charge < -0.3 is 5.32 Å². The van der Waals surface area contributed by atoms with Crippen molar-refractivity contribution >= 4 is 33.3 Å². The highest BCUT2D eigenvalue weighted by molar-refractivity contribution is 9.10. The Kier molecular flexibility index (Phi) is 4.02. The predicted octanol–water partition coefficient (Wildman–Crippen LogP) is 4.67. The van der Waals surface area contributed by atoms with Crippen LogP contribution in [0.4, 0.5) is 5.82 Å². The van der Waals surface area contributed by atoms with Crippen molar-refractivity contribution in [1.29, 1.82) is 0 Å². The number of pyridine rings is 1. The Bertz CT molecular complexity index is 516. The zero-order chi connectivity index (χ0) is 12.3. The zero-order valence-corrected chi connectivity index (χ0v) is 11.7. The van der Waals surface area contributed by atoms with Crippen LogP contribution < -0.4 is 5.32 Å². The van der Waals surface area contributed by atoms with E-state index in [4.69, 9.17) is 11.6 Å². The van der Waals surface area contributed by atoms with Crippen LogP contribution in [0.15, 0.2) is 47.1 Å². The van der Waals surface area contributed by atoms with Crippen molar-refractivity contribution in [2.45, 2.75) is 13.0 Å². The summed E-state index contributed by atoms with van der Waals surface area (Å²) in [5.74, 6) is 0.833. The normalized spacial score (nSPS) is 12.2. The van der Waals surface area contributed by atoms with Crippen molar-refractivity contribution in [3.8, 4) is 0 Å². The number of aromatic nitrogens is 1. The van der Waals surface area contributed by atoms with E-state index in [1.54, 1.807) is 6.20 Å². The molecule has 0 aliphatic carbocycles. The average molecular weight is 312 g/mol. The molecule has 0 aliphatic heterocycles. The molecule has 1 aromatic carbocycles. The smallest absolute Gasteiger partial charge is 0.140 e. The molecule has 0 spiro atoms. The Hall–Kier alpha value is -1.06. The summed E-state index contributed by atoms with van der Waals surface area (Å²) in [6.45, 7) is 2.08. The molecule has 0 amide bonds. The summed E-state index contributed by atoms with van der Waals surface area (Å²) in [7, 11) is 0. The largest absolute Gasteiger partial charge is 0.363 e. The second kappa shape index (κ2) is 5.52. The van der Waals surface area contributed by atoms with E-state index in [1.165, 1.54) is 0 Å². The summed E-state index contributed by atoms with van der Waals surface area (Å²) < 4.78 is 0.953. The average Bonchev–Trinajstić information content (AvgIpc) is 2.32. The van der Waals surface area contributed by atoms with Gasteiger partial charge in [-0.3, -0.25) is 0 Å². The highest BCUT2D eigenvalue weighted by atomic mass is 79.9. The molecule has 1 unspecified atom stereocenters. The molecule has 2 nitrogen and oxygen atoms in total. The van der Waals surface area contributed by atoms with Crippen molar-refractivity contribution in [1.82, 2.24) is 4.98 Å². The molecule has 2 aromatic rings. The van der Waals surface area contributed by atoms with Gasteiger partial charge in [-0.2, -0.15) is 0 Å². The molecular weight excluding hydrogens is 300 g/mol. The highest BCUT2D eigenvalue weighted by Crippen LogP contribution is 2.25. The predicted molar refractivity (Wildman–Crippen MR) is 75.4 cm³/mol. The number of nitrogens with one attached hydrogen (secondary N) is 1. The lowest BCUT2D eigenvalue weighted by Crippen LogP contribution is -2.08. The van der Waals surface area contributed by atoms with Crippen molar-refractivity contribution in [3.05, 3.63) is 57.7 Å². The van der Waals surface area contributed by atoms with Gasteiger partial charge in [-0.15, -0.1) is 0 Å². The zero-order valence-electron chi connectivity index (χ0n) is 9.32. The molecule has 0 bridgehead atoms.